The molecule has 4 heterocycles. The van der Waals surface area contributed by atoms with Gasteiger partial charge < -0.3 is 9.80 Å². The highest BCUT2D eigenvalue weighted by Crippen LogP contribution is 2.33. The molecule has 40 heavy (non-hydrogen) atoms. The van der Waals surface area contributed by atoms with E-state index < -0.39 is 0 Å². The van der Waals surface area contributed by atoms with Gasteiger partial charge in [-0.25, -0.2) is 4.98 Å². The predicted molar refractivity (Wildman–Crippen MR) is 161 cm³/mol. The third-order valence-electron chi connectivity index (χ3n) is 6.50. The standard InChI is InChI=1S/C28H23Cl2N7OS2/c29-20-4-3-5-21(16-20)35-12-14-36(15-13-35)27(38)23-17-39-25(32-23)18-40-28-34-33-26(19-8-10-31-11-9-19)37(28)24-7-2-1-6-22(24)30/h1-11,16-17H,12-15,18H2. The van der Waals surface area contributed by atoms with Gasteiger partial charge in [0.1, 0.15) is 10.7 Å². The molecule has 0 spiro atoms. The highest BCUT2D eigenvalue weighted by Gasteiger charge is 2.25. The average molecular weight is 609 g/mol. The number of halogens is 2. The summed E-state index contributed by atoms with van der Waals surface area (Å²) < 4.78 is 1.95. The van der Waals surface area contributed by atoms with Crippen LogP contribution in [0.3, 0.4) is 0 Å². The van der Waals surface area contributed by atoms with Gasteiger partial charge in [0, 0.05) is 60.2 Å². The minimum Gasteiger partial charge on any atom is -0.368 e. The summed E-state index contributed by atoms with van der Waals surface area (Å²) in [5, 5.41) is 13.6. The van der Waals surface area contributed by atoms with Crippen molar-refractivity contribution in [2.45, 2.75) is 10.9 Å². The lowest BCUT2D eigenvalue weighted by atomic mass is 10.2. The van der Waals surface area contributed by atoms with E-state index in [2.05, 4.69) is 25.1 Å². The fourth-order valence-corrected chi connectivity index (χ4v) is 6.64. The van der Waals surface area contributed by atoms with E-state index in [9.17, 15) is 4.79 Å². The first-order valence-corrected chi connectivity index (χ1v) is 15.2. The number of piperazine rings is 1. The van der Waals surface area contributed by atoms with E-state index in [1.54, 1.807) is 12.4 Å². The topological polar surface area (TPSA) is 80.0 Å². The molecule has 2 aromatic carbocycles. The molecule has 0 saturated carbocycles. The van der Waals surface area contributed by atoms with Crippen LogP contribution in [0, 0.1) is 0 Å². The number of thioether (sulfide) groups is 1. The lowest BCUT2D eigenvalue weighted by Crippen LogP contribution is -2.48. The lowest BCUT2D eigenvalue weighted by molar-refractivity contribution is 0.0741. The Balaban J connectivity index is 1.14. The number of hydrogen-bond donors (Lipinski definition) is 0. The number of benzene rings is 2. The summed E-state index contributed by atoms with van der Waals surface area (Å²) in [5.74, 6) is 1.17. The Morgan fingerprint density at radius 1 is 0.950 bits per heavy atom. The van der Waals surface area contributed by atoms with Gasteiger partial charge in [0.15, 0.2) is 11.0 Å². The van der Waals surface area contributed by atoms with E-state index in [1.165, 1.54) is 23.1 Å². The molecule has 0 aliphatic carbocycles. The zero-order valence-electron chi connectivity index (χ0n) is 21.2. The predicted octanol–water partition coefficient (Wildman–Crippen LogP) is 6.35. The summed E-state index contributed by atoms with van der Waals surface area (Å²) in [6, 6.07) is 19.2. The number of rotatable bonds is 7. The molecule has 0 bridgehead atoms. The second-order valence-electron chi connectivity index (χ2n) is 9.00. The van der Waals surface area contributed by atoms with E-state index in [4.69, 9.17) is 23.2 Å². The van der Waals surface area contributed by atoms with Gasteiger partial charge in [0.2, 0.25) is 0 Å². The van der Waals surface area contributed by atoms with Crippen LogP contribution in [0.5, 0.6) is 0 Å². The Kier molecular flexibility index (Phi) is 8.01. The summed E-state index contributed by atoms with van der Waals surface area (Å²) >= 11 is 15.7. The number of carbonyl (C=O) groups is 1. The monoisotopic (exact) mass is 607 g/mol. The molecule has 12 heteroatoms. The van der Waals surface area contributed by atoms with Crippen molar-refractivity contribution in [3.63, 3.8) is 0 Å². The summed E-state index contributed by atoms with van der Waals surface area (Å²) in [5.41, 5.74) is 3.22. The van der Waals surface area contributed by atoms with Gasteiger partial charge >= 0.3 is 0 Å². The molecular formula is C28H23Cl2N7OS2. The number of pyridine rings is 1. The second-order valence-corrected chi connectivity index (χ2v) is 11.7. The molecule has 1 saturated heterocycles. The number of para-hydroxylation sites is 1. The first kappa shape index (κ1) is 26.8. The third-order valence-corrected chi connectivity index (χ3v) is 9.03. The van der Waals surface area contributed by atoms with Crippen LogP contribution >= 0.6 is 46.3 Å². The fourth-order valence-electron chi connectivity index (χ4n) is 4.51. The van der Waals surface area contributed by atoms with Crippen molar-refractivity contribution in [1.82, 2.24) is 29.6 Å². The molecule has 1 amide bonds. The van der Waals surface area contributed by atoms with E-state index in [-0.39, 0.29) is 5.91 Å². The minimum atomic E-state index is -0.0440. The van der Waals surface area contributed by atoms with Crippen molar-refractivity contribution >= 4 is 57.9 Å². The Bertz CT molecular complexity index is 1630. The molecule has 1 aliphatic heterocycles. The number of aromatic nitrogens is 5. The molecule has 0 N–H and O–H groups in total. The minimum absolute atomic E-state index is 0.0440. The van der Waals surface area contributed by atoms with Gasteiger partial charge in [-0.2, -0.15) is 0 Å². The van der Waals surface area contributed by atoms with Crippen LogP contribution < -0.4 is 4.90 Å². The largest absolute Gasteiger partial charge is 0.368 e. The van der Waals surface area contributed by atoms with Crippen LogP contribution in [0.1, 0.15) is 15.5 Å². The normalized spacial score (nSPS) is 13.6. The van der Waals surface area contributed by atoms with Gasteiger partial charge in [-0.05, 0) is 42.5 Å². The molecule has 1 aliphatic rings. The quantitative estimate of drug-likeness (QED) is 0.199. The third kappa shape index (κ3) is 5.71. The molecular weight excluding hydrogens is 585 g/mol. The Hall–Kier alpha value is -3.44. The maximum Gasteiger partial charge on any atom is 0.273 e. The van der Waals surface area contributed by atoms with Gasteiger partial charge in [0.05, 0.1) is 16.5 Å². The van der Waals surface area contributed by atoms with Crippen molar-refractivity contribution in [3.05, 3.63) is 99.2 Å². The zero-order valence-corrected chi connectivity index (χ0v) is 24.3. The second kappa shape index (κ2) is 12.0. The zero-order chi connectivity index (χ0) is 27.5. The number of hydrogen-bond acceptors (Lipinski definition) is 8. The van der Waals surface area contributed by atoms with Crippen LogP contribution in [0.25, 0.3) is 17.1 Å². The molecule has 6 rings (SSSR count). The van der Waals surface area contributed by atoms with Crippen LogP contribution in [0.15, 0.2) is 83.6 Å². The molecule has 0 radical (unpaired) electrons. The highest BCUT2D eigenvalue weighted by atomic mass is 35.5. The van der Waals surface area contributed by atoms with E-state index in [0.717, 1.165) is 35.0 Å². The molecule has 0 atom stereocenters. The Morgan fingerprint density at radius 2 is 1.75 bits per heavy atom. The lowest BCUT2D eigenvalue weighted by Gasteiger charge is -2.35. The van der Waals surface area contributed by atoms with Gasteiger partial charge in [-0.3, -0.25) is 14.3 Å². The fraction of sp³-hybridized carbons (Fsp3) is 0.179. The van der Waals surface area contributed by atoms with Crippen LogP contribution in [0.2, 0.25) is 10.0 Å². The molecule has 3 aromatic heterocycles. The summed E-state index contributed by atoms with van der Waals surface area (Å²) in [6.45, 7) is 2.75. The average Bonchev–Trinajstić information content (AvgIpc) is 3.64. The number of anilines is 1. The van der Waals surface area contributed by atoms with E-state index in [1.807, 2.05) is 75.5 Å². The van der Waals surface area contributed by atoms with Crippen LogP contribution in [-0.4, -0.2) is 61.7 Å². The van der Waals surface area contributed by atoms with Crippen LogP contribution in [-0.2, 0) is 5.75 Å². The summed E-state index contributed by atoms with van der Waals surface area (Å²) in [6.07, 6.45) is 3.44. The number of nitrogens with zero attached hydrogens (tertiary/aromatic N) is 7. The van der Waals surface area contributed by atoms with Crippen molar-refractivity contribution in [2.24, 2.45) is 0 Å². The van der Waals surface area contributed by atoms with Crippen molar-refractivity contribution in [2.75, 3.05) is 31.1 Å². The Morgan fingerprint density at radius 3 is 2.52 bits per heavy atom. The molecule has 0 unspecified atom stereocenters. The molecule has 5 aromatic rings. The van der Waals surface area contributed by atoms with Crippen molar-refractivity contribution in [1.29, 1.82) is 0 Å². The molecule has 1 fully saturated rings. The van der Waals surface area contributed by atoms with E-state index in [0.29, 0.717) is 45.6 Å². The van der Waals surface area contributed by atoms with Crippen molar-refractivity contribution in [3.8, 4) is 17.1 Å². The van der Waals surface area contributed by atoms with Gasteiger partial charge in [0.25, 0.3) is 5.91 Å². The van der Waals surface area contributed by atoms with Gasteiger partial charge in [-0.15, -0.1) is 21.5 Å². The number of thiazole rings is 1. The van der Waals surface area contributed by atoms with Crippen LogP contribution in [0.4, 0.5) is 5.69 Å². The van der Waals surface area contributed by atoms with Gasteiger partial charge in [-0.1, -0.05) is 53.2 Å². The number of carbonyl (C=O) groups excluding carboxylic acids is 1. The van der Waals surface area contributed by atoms with Crippen molar-refractivity contribution < 1.29 is 4.79 Å². The summed E-state index contributed by atoms with van der Waals surface area (Å²) in [4.78, 5) is 26.1. The maximum absolute atomic E-state index is 13.2. The molecule has 8 nitrogen and oxygen atoms in total. The smallest absolute Gasteiger partial charge is 0.273 e. The van der Waals surface area contributed by atoms with E-state index >= 15 is 0 Å². The highest BCUT2D eigenvalue weighted by molar-refractivity contribution is 7.98. The first-order chi connectivity index (χ1) is 19.6. The summed E-state index contributed by atoms with van der Waals surface area (Å²) in [7, 11) is 0. The SMILES string of the molecule is O=C(c1csc(CSc2nnc(-c3ccncc3)n2-c2ccccc2Cl)n1)N1CCN(c2cccc(Cl)c2)CC1. The first-order valence-electron chi connectivity index (χ1n) is 12.5. The molecule has 202 valence electrons. The maximum atomic E-state index is 13.2. The number of amides is 1. The Labute approximate surface area is 249 Å².